The van der Waals surface area contributed by atoms with Crippen molar-refractivity contribution >= 4 is 0 Å². The van der Waals surface area contributed by atoms with Gasteiger partial charge in [-0.15, -0.1) is 0 Å². The molecule has 0 bridgehead atoms. The third-order valence-electron chi connectivity index (χ3n) is 4.73. The molecule has 2 nitrogen and oxygen atoms in total. The van der Waals surface area contributed by atoms with Gasteiger partial charge in [0.25, 0.3) is 0 Å². The molecule has 2 rings (SSSR count). The highest BCUT2D eigenvalue weighted by Gasteiger charge is 2.06. The molecule has 0 N–H and O–H groups in total. The molecular formula is C22H31NO. The third kappa shape index (κ3) is 6.01. The van der Waals surface area contributed by atoms with Crippen LogP contribution in [-0.4, -0.2) is 31.1 Å². The maximum absolute atomic E-state index is 5.86. The minimum atomic E-state index is 0.565. The van der Waals surface area contributed by atoms with E-state index in [4.69, 9.17) is 4.74 Å². The van der Waals surface area contributed by atoms with E-state index in [-0.39, 0.29) is 0 Å². The van der Waals surface area contributed by atoms with Gasteiger partial charge in [-0.2, -0.15) is 0 Å². The Bertz CT molecular complexity index is 560. The average molecular weight is 325 g/mol. The predicted octanol–water partition coefficient (Wildman–Crippen LogP) is 5.14. The Kier molecular flexibility index (Phi) is 7.84. The molecule has 1 atom stereocenters. The van der Waals surface area contributed by atoms with E-state index < -0.39 is 0 Å². The molecule has 0 aliphatic rings. The lowest BCUT2D eigenvalue weighted by atomic mass is 9.94. The zero-order chi connectivity index (χ0) is 17.2. The molecule has 0 unspecified atom stereocenters. The van der Waals surface area contributed by atoms with Crippen molar-refractivity contribution in [3.8, 4) is 5.75 Å². The molecule has 24 heavy (non-hydrogen) atoms. The van der Waals surface area contributed by atoms with Crippen molar-refractivity contribution in [3.05, 3.63) is 65.7 Å². The summed E-state index contributed by atoms with van der Waals surface area (Å²) < 4.78 is 5.86. The van der Waals surface area contributed by atoms with Crippen LogP contribution in [0.5, 0.6) is 5.75 Å². The van der Waals surface area contributed by atoms with Gasteiger partial charge in [-0.05, 0) is 55.1 Å². The van der Waals surface area contributed by atoms with Gasteiger partial charge in [-0.1, -0.05) is 63.2 Å². The zero-order valence-corrected chi connectivity index (χ0v) is 15.4. The van der Waals surface area contributed by atoms with Crippen molar-refractivity contribution in [1.29, 1.82) is 0 Å². The van der Waals surface area contributed by atoms with Crippen LogP contribution >= 0.6 is 0 Å². The van der Waals surface area contributed by atoms with Gasteiger partial charge in [-0.25, -0.2) is 0 Å². The Balaban J connectivity index is 1.78. The normalized spacial score (nSPS) is 12.3. The Hall–Kier alpha value is -1.80. The van der Waals surface area contributed by atoms with Gasteiger partial charge in [0.1, 0.15) is 12.4 Å². The standard InChI is InChI=1S/C22H31NO/c1-4-23(5-2)17-18-24-22-15-13-21(14-16-22)19(3)11-12-20-9-7-6-8-10-20/h6-10,13-16,19H,4-5,11-12,17-18H2,1-3H3/t19-/m0/s1. The van der Waals surface area contributed by atoms with E-state index in [1.54, 1.807) is 0 Å². The largest absolute Gasteiger partial charge is 0.492 e. The van der Waals surface area contributed by atoms with Gasteiger partial charge >= 0.3 is 0 Å². The quantitative estimate of drug-likeness (QED) is 0.599. The molecule has 2 aromatic rings. The molecule has 0 heterocycles. The molecule has 0 aliphatic heterocycles. The second-order valence-corrected chi connectivity index (χ2v) is 6.37. The SMILES string of the molecule is CCN(CC)CCOc1ccc([C@@H](C)CCc2ccccc2)cc1. The molecular weight excluding hydrogens is 294 g/mol. The fraction of sp³-hybridized carbons (Fsp3) is 0.455. The smallest absolute Gasteiger partial charge is 0.119 e. The minimum Gasteiger partial charge on any atom is -0.492 e. The highest BCUT2D eigenvalue weighted by atomic mass is 16.5. The fourth-order valence-corrected chi connectivity index (χ4v) is 2.92. The first kappa shape index (κ1) is 18.5. The molecule has 130 valence electrons. The monoisotopic (exact) mass is 325 g/mol. The van der Waals surface area contributed by atoms with Crippen LogP contribution in [0.15, 0.2) is 54.6 Å². The van der Waals surface area contributed by atoms with Crippen LogP contribution < -0.4 is 4.74 Å². The number of benzene rings is 2. The summed E-state index contributed by atoms with van der Waals surface area (Å²) in [5.74, 6) is 1.54. The van der Waals surface area contributed by atoms with E-state index in [1.165, 1.54) is 17.5 Å². The molecule has 0 saturated heterocycles. The van der Waals surface area contributed by atoms with E-state index >= 15 is 0 Å². The highest BCUT2D eigenvalue weighted by Crippen LogP contribution is 2.23. The van der Waals surface area contributed by atoms with Crippen molar-refractivity contribution in [3.63, 3.8) is 0 Å². The Morgan fingerprint density at radius 1 is 0.917 bits per heavy atom. The lowest BCUT2D eigenvalue weighted by Gasteiger charge is -2.18. The lowest BCUT2D eigenvalue weighted by Crippen LogP contribution is -2.27. The van der Waals surface area contributed by atoms with Crippen LogP contribution in [0.4, 0.5) is 0 Å². The summed E-state index contributed by atoms with van der Waals surface area (Å²) in [6.45, 7) is 10.6. The van der Waals surface area contributed by atoms with Crippen LogP contribution in [0.2, 0.25) is 0 Å². The summed E-state index contributed by atoms with van der Waals surface area (Å²) in [5.41, 5.74) is 2.81. The average Bonchev–Trinajstić information content (AvgIpc) is 2.64. The van der Waals surface area contributed by atoms with Gasteiger partial charge in [0, 0.05) is 6.54 Å². The van der Waals surface area contributed by atoms with Crippen molar-refractivity contribution in [1.82, 2.24) is 4.90 Å². The number of aryl methyl sites for hydroxylation is 1. The molecule has 2 heteroatoms. The highest BCUT2D eigenvalue weighted by molar-refractivity contribution is 5.29. The van der Waals surface area contributed by atoms with Gasteiger partial charge < -0.3 is 9.64 Å². The summed E-state index contributed by atoms with van der Waals surface area (Å²) in [6, 6.07) is 19.4. The zero-order valence-electron chi connectivity index (χ0n) is 15.4. The van der Waals surface area contributed by atoms with Crippen molar-refractivity contribution < 1.29 is 4.74 Å². The van der Waals surface area contributed by atoms with Crippen LogP contribution in [0, 0.1) is 0 Å². The summed E-state index contributed by atoms with van der Waals surface area (Å²) in [4.78, 5) is 2.38. The lowest BCUT2D eigenvalue weighted by molar-refractivity contribution is 0.223. The summed E-state index contributed by atoms with van der Waals surface area (Å²) in [5, 5.41) is 0. The second kappa shape index (κ2) is 10.1. The maximum Gasteiger partial charge on any atom is 0.119 e. The van der Waals surface area contributed by atoms with Gasteiger partial charge in [0.2, 0.25) is 0 Å². The Labute approximate surface area is 147 Å². The second-order valence-electron chi connectivity index (χ2n) is 6.37. The molecule has 2 aromatic carbocycles. The Morgan fingerprint density at radius 3 is 2.21 bits per heavy atom. The maximum atomic E-state index is 5.86. The summed E-state index contributed by atoms with van der Waals surface area (Å²) >= 11 is 0. The van der Waals surface area contributed by atoms with E-state index in [9.17, 15) is 0 Å². The number of ether oxygens (including phenoxy) is 1. The van der Waals surface area contributed by atoms with Crippen molar-refractivity contribution in [2.45, 2.75) is 39.5 Å². The summed E-state index contributed by atoms with van der Waals surface area (Å²) in [7, 11) is 0. The van der Waals surface area contributed by atoms with E-state index in [1.807, 2.05) is 0 Å². The van der Waals surface area contributed by atoms with Crippen LogP contribution in [0.3, 0.4) is 0 Å². The fourth-order valence-electron chi connectivity index (χ4n) is 2.92. The van der Waals surface area contributed by atoms with E-state index in [0.717, 1.165) is 38.4 Å². The minimum absolute atomic E-state index is 0.565. The molecule has 0 saturated carbocycles. The first-order chi connectivity index (χ1) is 11.7. The van der Waals surface area contributed by atoms with Crippen LogP contribution in [0.25, 0.3) is 0 Å². The molecule has 0 aromatic heterocycles. The topological polar surface area (TPSA) is 12.5 Å². The number of rotatable bonds is 10. The number of hydrogen-bond acceptors (Lipinski definition) is 2. The van der Waals surface area contributed by atoms with Gasteiger partial charge in [0.05, 0.1) is 0 Å². The van der Waals surface area contributed by atoms with Crippen molar-refractivity contribution in [2.24, 2.45) is 0 Å². The van der Waals surface area contributed by atoms with Gasteiger partial charge in [0.15, 0.2) is 0 Å². The van der Waals surface area contributed by atoms with Crippen LogP contribution in [-0.2, 0) is 6.42 Å². The molecule has 0 spiro atoms. The van der Waals surface area contributed by atoms with Crippen LogP contribution in [0.1, 0.15) is 44.2 Å². The number of hydrogen-bond donors (Lipinski definition) is 0. The molecule has 0 fully saturated rings. The predicted molar refractivity (Wildman–Crippen MR) is 103 cm³/mol. The first-order valence-electron chi connectivity index (χ1n) is 9.22. The molecule has 0 aliphatic carbocycles. The van der Waals surface area contributed by atoms with E-state index in [0.29, 0.717) is 5.92 Å². The molecule has 0 amide bonds. The first-order valence-corrected chi connectivity index (χ1v) is 9.22. The summed E-state index contributed by atoms with van der Waals surface area (Å²) in [6.07, 6.45) is 2.30. The number of likely N-dealkylation sites (N-methyl/N-ethyl adjacent to an activating group) is 1. The van der Waals surface area contributed by atoms with Crippen molar-refractivity contribution in [2.75, 3.05) is 26.2 Å². The Morgan fingerprint density at radius 2 is 1.58 bits per heavy atom. The molecule has 0 radical (unpaired) electrons. The third-order valence-corrected chi connectivity index (χ3v) is 4.73. The number of nitrogens with zero attached hydrogens (tertiary/aromatic N) is 1. The van der Waals surface area contributed by atoms with E-state index in [2.05, 4.69) is 80.3 Å². The van der Waals surface area contributed by atoms with Gasteiger partial charge in [-0.3, -0.25) is 0 Å².